The number of benzene rings is 1. The van der Waals surface area contributed by atoms with Gasteiger partial charge in [0.1, 0.15) is 28.7 Å². The van der Waals surface area contributed by atoms with E-state index in [1.165, 1.54) is 18.2 Å². The maximum Gasteiger partial charge on any atom is 0.284 e. The van der Waals surface area contributed by atoms with Gasteiger partial charge in [0.15, 0.2) is 0 Å². The van der Waals surface area contributed by atoms with Crippen LogP contribution in [0.25, 0.3) is 10.8 Å². The molecule has 0 spiro atoms. The number of nitriles is 1. The maximum absolute atomic E-state index is 9.84. The van der Waals surface area contributed by atoms with Crippen molar-refractivity contribution < 1.29 is 9.72 Å². The molecule has 0 amide bonds. The number of anilines is 3. The van der Waals surface area contributed by atoms with Gasteiger partial charge in [-0.15, -0.1) is 0 Å². The molecule has 7 nitrogen and oxygen atoms in total. The van der Waals surface area contributed by atoms with Gasteiger partial charge in [-0.05, 0) is 17.5 Å². The minimum atomic E-state index is 0.296. The second kappa shape index (κ2) is 6.08. The second-order valence-corrected chi connectivity index (χ2v) is 6.29. The molecule has 0 saturated carbocycles. The lowest BCUT2D eigenvalue weighted by molar-refractivity contribution is -0.374. The molecule has 1 aromatic carbocycles. The fourth-order valence-electron chi connectivity index (χ4n) is 3.52. The topological polar surface area (TPSA) is 115 Å². The summed E-state index contributed by atoms with van der Waals surface area (Å²) in [7, 11) is 1.54. The normalized spacial score (nSPS) is 13.3. The fraction of sp³-hybridized carbons (Fsp3) is 0.211. The summed E-state index contributed by atoms with van der Waals surface area (Å²) >= 11 is 0. The van der Waals surface area contributed by atoms with Crippen molar-refractivity contribution in [3.8, 4) is 11.9 Å². The highest BCUT2D eigenvalue weighted by atomic mass is 16.5. The van der Waals surface area contributed by atoms with Crippen molar-refractivity contribution in [1.29, 1.82) is 5.26 Å². The first-order chi connectivity index (χ1) is 12.6. The Morgan fingerprint density at radius 1 is 1.27 bits per heavy atom. The average molecular weight is 347 g/mol. The van der Waals surface area contributed by atoms with E-state index in [-0.39, 0.29) is 0 Å². The highest BCUT2D eigenvalue weighted by Gasteiger charge is 2.25. The van der Waals surface area contributed by atoms with Gasteiger partial charge >= 0.3 is 0 Å². The number of nitrogens with zero attached hydrogens (tertiary/aromatic N) is 3. The third-order valence-corrected chi connectivity index (χ3v) is 4.81. The van der Waals surface area contributed by atoms with Gasteiger partial charge in [0, 0.05) is 24.5 Å². The molecule has 0 unspecified atom stereocenters. The van der Waals surface area contributed by atoms with Gasteiger partial charge in [0.05, 0.1) is 7.11 Å². The number of rotatable bonds is 2. The van der Waals surface area contributed by atoms with E-state index >= 15 is 0 Å². The summed E-state index contributed by atoms with van der Waals surface area (Å²) in [5, 5.41) is 11.0. The number of nitrogens with two attached hydrogens (primary N) is 2. The number of aromatic amines is 1. The van der Waals surface area contributed by atoms with E-state index in [2.05, 4.69) is 33.1 Å². The number of nitrogens with one attached hydrogen (secondary N) is 1. The zero-order valence-corrected chi connectivity index (χ0v) is 14.4. The van der Waals surface area contributed by atoms with Crippen LogP contribution >= 0.6 is 0 Å². The van der Waals surface area contributed by atoms with Crippen molar-refractivity contribution in [2.75, 3.05) is 30.0 Å². The first-order valence-electron chi connectivity index (χ1n) is 8.33. The molecule has 5 N–H and O–H groups in total. The molecule has 26 heavy (non-hydrogen) atoms. The van der Waals surface area contributed by atoms with Crippen molar-refractivity contribution in [3.63, 3.8) is 0 Å². The van der Waals surface area contributed by atoms with Crippen LogP contribution in [-0.4, -0.2) is 18.6 Å². The summed E-state index contributed by atoms with van der Waals surface area (Å²) in [5.74, 6) is 1.67. The van der Waals surface area contributed by atoms with Gasteiger partial charge in [-0.3, -0.25) is 5.73 Å². The summed E-state index contributed by atoms with van der Waals surface area (Å²) in [6.07, 6.45) is 0.898. The van der Waals surface area contributed by atoms with Crippen molar-refractivity contribution >= 4 is 28.2 Å². The van der Waals surface area contributed by atoms with Crippen molar-refractivity contribution in [2.45, 2.75) is 13.0 Å². The van der Waals surface area contributed by atoms with E-state index in [0.717, 1.165) is 13.0 Å². The molecular weight excluding hydrogens is 328 g/mol. The van der Waals surface area contributed by atoms with Crippen LogP contribution < -0.4 is 26.1 Å². The van der Waals surface area contributed by atoms with E-state index in [4.69, 9.17) is 16.2 Å². The molecule has 1 aliphatic heterocycles. The number of aromatic nitrogens is 2. The van der Waals surface area contributed by atoms with Gasteiger partial charge in [0.2, 0.25) is 0 Å². The molecule has 0 fully saturated rings. The number of methoxy groups -OCH3 is 1. The molecular formula is C19H19N6O+. The van der Waals surface area contributed by atoms with Crippen LogP contribution in [-0.2, 0) is 13.0 Å². The predicted octanol–water partition coefficient (Wildman–Crippen LogP) is 1.66. The molecule has 0 bridgehead atoms. The molecule has 4 rings (SSSR count). The number of hydrogen-bond donors (Lipinski definition) is 2. The zero-order chi connectivity index (χ0) is 18.3. The molecule has 0 atom stereocenters. The van der Waals surface area contributed by atoms with Crippen molar-refractivity contribution in [3.05, 3.63) is 47.0 Å². The third kappa shape index (κ3) is 2.43. The van der Waals surface area contributed by atoms with Crippen LogP contribution in [0.1, 0.15) is 16.7 Å². The van der Waals surface area contributed by atoms with Crippen LogP contribution in [0.3, 0.4) is 0 Å². The minimum absolute atomic E-state index is 0.296. The number of ether oxygens (including phenoxy) is 1. The Morgan fingerprint density at radius 2 is 2.04 bits per heavy atom. The summed E-state index contributed by atoms with van der Waals surface area (Å²) in [6.45, 7) is 1.46. The summed E-state index contributed by atoms with van der Waals surface area (Å²) < 4.78 is 5.25. The fourth-order valence-corrected chi connectivity index (χ4v) is 3.52. The Hall–Kier alpha value is -3.53. The van der Waals surface area contributed by atoms with Gasteiger partial charge < -0.3 is 15.4 Å². The van der Waals surface area contributed by atoms with E-state index in [1.54, 1.807) is 6.07 Å². The monoisotopic (exact) mass is 347 g/mol. The van der Waals surface area contributed by atoms with E-state index in [9.17, 15) is 5.26 Å². The first kappa shape index (κ1) is 16.0. The predicted molar refractivity (Wildman–Crippen MR) is 99.6 cm³/mol. The highest BCUT2D eigenvalue weighted by Crippen LogP contribution is 2.35. The lowest BCUT2D eigenvalue weighted by atomic mass is 9.99. The van der Waals surface area contributed by atoms with Gasteiger partial charge in [-0.2, -0.15) is 5.26 Å². The Morgan fingerprint density at radius 3 is 2.77 bits per heavy atom. The molecule has 0 radical (unpaired) electrons. The van der Waals surface area contributed by atoms with Crippen molar-refractivity contribution in [1.82, 2.24) is 4.98 Å². The SMILES string of the molecule is COc1cc2c(C#N)c(N3CCc4ccccc4C3)nc(N)c2c(N)[nH+]1. The molecule has 0 saturated heterocycles. The largest absolute Gasteiger partial charge is 0.466 e. The lowest BCUT2D eigenvalue weighted by Crippen LogP contribution is -2.32. The Balaban J connectivity index is 1.90. The number of nitrogen functional groups attached to an aromatic ring is 2. The quantitative estimate of drug-likeness (QED) is 0.728. The minimum Gasteiger partial charge on any atom is -0.466 e. The average Bonchev–Trinajstić information content (AvgIpc) is 2.66. The number of pyridine rings is 2. The van der Waals surface area contributed by atoms with Gasteiger partial charge in [-0.1, -0.05) is 24.3 Å². The summed E-state index contributed by atoms with van der Waals surface area (Å²) in [4.78, 5) is 9.54. The van der Waals surface area contributed by atoms with Gasteiger partial charge in [-0.25, -0.2) is 9.97 Å². The van der Waals surface area contributed by atoms with Gasteiger partial charge in [0.25, 0.3) is 11.7 Å². The molecule has 2 aromatic heterocycles. The summed E-state index contributed by atoms with van der Waals surface area (Å²) in [5.41, 5.74) is 15.3. The third-order valence-electron chi connectivity index (χ3n) is 4.81. The highest BCUT2D eigenvalue weighted by molar-refractivity contribution is 6.03. The zero-order valence-electron chi connectivity index (χ0n) is 14.4. The maximum atomic E-state index is 9.84. The first-order valence-corrected chi connectivity index (χ1v) is 8.33. The van der Waals surface area contributed by atoms with Crippen LogP contribution in [0, 0.1) is 11.3 Å². The Kier molecular flexibility index (Phi) is 3.73. The molecule has 3 aromatic rings. The second-order valence-electron chi connectivity index (χ2n) is 6.29. The van der Waals surface area contributed by atoms with E-state index in [0.29, 0.717) is 46.2 Å². The molecule has 3 heterocycles. The van der Waals surface area contributed by atoms with Crippen molar-refractivity contribution in [2.24, 2.45) is 0 Å². The van der Waals surface area contributed by atoms with Crippen LogP contribution in [0.15, 0.2) is 30.3 Å². The molecule has 0 aliphatic carbocycles. The van der Waals surface area contributed by atoms with E-state index < -0.39 is 0 Å². The Bertz CT molecular complexity index is 1060. The summed E-state index contributed by atoms with van der Waals surface area (Å²) in [6, 6.07) is 12.3. The number of fused-ring (bicyclic) bond motifs is 2. The smallest absolute Gasteiger partial charge is 0.284 e. The number of hydrogen-bond acceptors (Lipinski definition) is 6. The standard InChI is InChI=1S/C19H18N6O/c1-26-15-8-13-14(9-20)19(24-18(22)16(13)17(21)23-15)25-7-6-11-4-2-3-5-12(11)10-25/h2-5,8H,6-7,10H2,1H3,(H2,21,23)(H2,22,24)/p+1. The van der Waals surface area contributed by atoms with E-state index in [1.807, 2.05) is 12.1 Å². The van der Waals surface area contributed by atoms with Crippen LogP contribution in [0.5, 0.6) is 5.88 Å². The van der Waals surface area contributed by atoms with Crippen LogP contribution in [0.4, 0.5) is 17.5 Å². The Labute approximate surface area is 150 Å². The molecule has 1 aliphatic rings. The number of H-pyrrole nitrogens is 1. The molecule has 7 heteroatoms. The lowest BCUT2D eigenvalue weighted by Gasteiger charge is -2.30. The van der Waals surface area contributed by atoms with Crippen LogP contribution in [0.2, 0.25) is 0 Å². The molecule has 130 valence electrons.